The van der Waals surface area contributed by atoms with Gasteiger partial charge in [-0.3, -0.25) is 24.1 Å². The fourth-order valence-corrected chi connectivity index (χ4v) is 1.71. The van der Waals surface area contributed by atoms with Crippen LogP contribution in [-0.4, -0.2) is 61.4 Å². The quantitative estimate of drug-likeness (QED) is 0.604. The molecule has 0 aromatic rings. The molecule has 1 unspecified atom stereocenters. The first-order chi connectivity index (χ1) is 11.4. The van der Waals surface area contributed by atoms with Crippen molar-refractivity contribution in [3.63, 3.8) is 0 Å². The lowest BCUT2D eigenvalue weighted by Gasteiger charge is -2.12. The molecule has 0 aromatic heterocycles. The molecule has 1 aliphatic heterocycles. The van der Waals surface area contributed by atoms with Crippen LogP contribution in [0, 0.1) is 0 Å². The lowest BCUT2D eigenvalue weighted by atomic mass is 10.3. The summed E-state index contributed by atoms with van der Waals surface area (Å²) in [5.74, 6) is -0.913. The zero-order chi connectivity index (χ0) is 18.5. The Morgan fingerprint density at radius 3 is 2.25 bits per heavy atom. The van der Waals surface area contributed by atoms with Crippen LogP contribution in [0.3, 0.4) is 0 Å². The molecule has 8 heteroatoms. The van der Waals surface area contributed by atoms with Gasteiger partial charge in [0, 0.05) is 45.3 Å². The molecule has 24 heavy (non-hydrogen) atoms. The highest BCUT2D eigenvalue weighted by molar-refractivity contribution is 6.13. The third kappa shape index (κ3) is 8.42. The van der Waals surface area contributed by atoms with Crippen molar-refractivity contribution in [3.05, 3.63) is 12.2 Å². The number of carbonyl (C=O) groups is 4. The molecular weight excluding hydrogens is 314 g/mol. The third-order valence-corrected chi connectivity index (χ3v) is 3.08. The highest BCUT2D eigenvalue weighted by Crippen LogP contribution is 2.03. The van der Waals surface area contributed by atoms with E-state index in [1.807, 2.05) is 13.8 Å². The summed E-state index contributed by atoms with van der Waals surface area (Å²) >= 11 is 0. The van der Waals surface area contributed by atoms with Crippen molar-refractivity contribution in [1.29, 1.82) is 0 Å². The normalized spacial score (nSPS) is 14.1. The third-order valence-electron chi connectivity index (χ3n) is 3.08. The van der Waals surface area contributed by atoms with Gasteiger partial charge in [-0.05, 0) is 20.3 Å². The number of ether oxygens (including phenoxy) is 1. The average Bonchev–Trinajstić information content (AvgIpc) is 2.89. The predicted molar refractivity (Wildman–Crippen MR) is 88.9 cm³/mol. The molecule has 2 N–H and O–H groups in total. The van der Waals surface area contributed by atoms with E-state index in [1.165, 1.54) is 19.2 Å². The van der Waals surface area contributed by atoms with Gasteiger partial charge in [-0.1, -0.05) is 6.92 Å². The second-order valence-corrected chi connectivity index (χ2v) is 4.97. The van der Waals surface area contributed by atoms with Crippen LogP contribution in [0.15, 0.2) is 12.2 Å². The van der Waals surface area contributed by atoms with Gasteiger partial charge in [0.1, 0.15) is 6.10 Å². The van der Waals surface area contributed by atoms with Crippen LogP contribution < -0.4 is 10.6 Å². The number of nitrogens with one attached hydrogen (secondary N) is 2. The second-order valence-electron chi connectivity index (χ2n) is 4.97. The number of hydrogen-bond donors (Lipinski definition) is 2. The van der Waals surface area contributed by atoms with Gasteiger partial charge in [-0.15, -0.1) is 0 Å². The van der Waals surface area contributed by atoms with Gasteiger partial charge in [0.25, 0.3) is 11.8 Å². The summed E-state index contributed by atoms with van der Waals surface area (Å²) in [6.45, 7) is 7.12. The van der Waals surface area contributed by atoms with E-state index in [0.29, 0.717) is 6.61 Å². The minimum Gasteiger partial charge on any atom is -0.369 e. The molecular formula is C16H27N3O5. The van der Waals surface area contributed by atoms with Crippen molar-refractivity contribution in [2.75, 3.05) is 26.7 Å². The monoisotopic (exact) mass is 341 g/mol. The zero-order valence-corrected chi connectivity index (χ0v) is 14.8. The summed E-state index contributed by atoms with van der Waals surface area (Å²) in [5.41, 5.74) is 0. The summed E-state index contributed by atoms with van der Waals surface area (Å²) in [4.78, 5) is 44.8. The molecule has 0 aromatic carbocycles. The molecule has 1 atom stereocenters. The second kappa shape index (κ2) is 12.2. The Labute approximate surface area is 142 Å². The minimum atomic E-state index is -0.353. The summed E-state index contributed by atoms with van der Waals surface area (Å²) in [5, 5.41) is 5.16. The summed E-state index contributed by atoms with van der Waals surface area (Å²) < 4.78 is 5.09. The fraction of sp³-hybridized carbons (Fsp3) is 0.625. The average molecular weight is 341 g/mol. The van der Waals surface area contributed by atoms with Crippen LogP contribution in [-0.2, 0) is 23.9 Å². The number of amides is 4. The van der Waals surface area contributed by atoms with E-state index in [1.54, 1.807) is 6.92 Å². The summed E-state index contributed by atoms with van der Waals surface area (Å²) in [6.07, 6.45) is 3.20. The largest absolute Gasteiger partial charge is 0.369 e. The van der Waals surface area contributed by atoms with E-state index < -0.39 is 0 Å². The molecule has 0 bridgehead atoms. The minimum absolute atomic E-state index is 0.0197. The van der Waals surface area contributed by atoms with Crippen molar-refractivity contribution in [2.45, 2.75) is 39.7 Å². The van der Waals surface area contributed by atoms with Crippen LogP contribution in [0.2, 0.25) is 0 Å². The number of imide groups is 1. The molecule has 0 fully saturated rings. The fourth-order valence-electron chi connectivity index (χ4n) is 1.71. The standard InChI is InChI=1S/C8H10N2O3.C8H17NO2/c1-9-6(11)4-5-10-7(12)2-3-8(10)13;1-4-6-9-8(10)7(3)11-5-2/h2-3H,4-5H2,1H3,(H,9,11);7H,4-6H2,1-3H3,(H,9,10). The Hall–Kier alpha value is -2.22. The SMILES string of the molecule is CCCNC(=O)C(C)OCC.CNC(=O)CCN1C(=O)C=CC1=O. The van der Waals surface area contributed by atoms with Gasteiger partial charge in [0.15, 0.2) is 0 Å². The lowest BCUT2D eigenvalue weighted by molar-refractivity contribution is -0.137. The van der Waals surface area contributed by atoms with E-state index in [4.69, 9.17) is 4.74 Å². The number of carbonyl (C=O) groups excluding carboxylic acids is 4. The van der Waals surface area contributed by atoms with Gasteiger partial charge in [0.05, 0.1) is 0 Å². The van der Waals surface area contributed by atoms with E-state index in [2.05, 4.69) is 10.6 Å². The first kappa shape index (κ1) is 21.8. The molecule has 8 nitrogen and oxygen atoms in total. The summed E-state index contributed by atoms with van der Waals surface area (Å²) in [6, 6.07) is 0. The Bertz CT molecular complexity index is 458. The zero-order valence-electron chi connectivity index (χ0n) is 14.8. The van der Waals surface area contributed by atoms with Crippen LogP contribution in [0.5, 0.6) is 0 Å². The molecule has 136 valence electrons. The first-order valence-corrected chi connectivity index (χ1v) is 8.00. The molecule has 1 rings (SSSR count). The first-order valence-electron chi connectivity index (χ1n) is 8.00. The van der Waals surface area contributed by atoms with Crippen LogP contribution >= 0.6 is 0 Å². The van der Waals surface area contributed by atoms with Crippen molar-refractivity contribution in [1.82, 2.24) is 15.5 Å². The summed E-state index contributed by atoms with van der Waals surface area (Å²) in [7, 11) is 1.51. The molecule has 0 saturated carbocycles. The van der Waals surface area contributed by atoms with Crippen LogP contribution in [0.4, 0.5) is 0 Å². The number of nitrogens with zero attached hydrogens (tertiary/aromatic N) is 1. The number of hydrogen-bond acceptors (Lipinski definition) is 5. The maximum Gasteiger partial charge on any atom is 0.253 e. The van der Waals surface area contributed by atoms with Gasteiger partial charge in [0.2, 0.25) is 11.8 Å². The van der Waals surface area contributed by atoms with Crippen molar-refractivity contribution in [2.24, 2.45) is 0 Å². The molecule has 0 saturated heterocycles. The van der Waals surface area contributed by atoms with E-state index >= 15 is 0 Å². The van der Waals surface area contributed by atoms with Gasteiger partial charge in [-0.2, -0.15) is 0 Å². The maximum atomic E-state index is 11.1. The Morgan fingerprint density at radius 1 is 1.21 bits per heavy atom. The lowest BCUT2D eigenvalue weighted by Crippen LogP contribution is -2.34. The Morgan fingerprint density at radius 2 is 1.79 bits per heavy atom. The van der Waals surface area contributed by atoms with E-state index in [-0.39, 0.29) is 42.7 Å². The molecule has 0 radical (unpaired) electrons. The Kier molecular flexibility index (Phi) is 11.1. The van der Waals surface area contributed by atoms with Crippen LogP contribution in [0.1, 0.15) is 33.6 Å². The topological polar surface area (TPSA) is 105 Å². The van der Waals surface area contributed by atoms with Gasteiger partial charge < -0.3 is 15.4 Å². The van der Waals surface area contributed by atoms with Gasteiger partial charge in [-0.25, -0.2) is 0 Å². The smallest absolute Gasteiger partial charge is 0.253 e. The van der Waals surface area contributed by atoms with Crippen molar-refractivity contribution < 1.29 is 23.9 Å². The van der Waals surface area contributed by atoms with E-state index in [9.17, 15) is 19.2 Å². The highest BCUT2D eigenvalue weighted by atomic mass is 16.5. The predicted octanol–water partition coefficient (Wildman–Crippen LogP) is -0.0149. The van der Waals surface area contributed by atoms with Crippen molar-refractivity contribution >= 4 is 23.6 Å². The number of rotatable bonds is 8. The molecule has 0 aliphatic carbocycles. The molecule has 4 amide bonds. The van der Waals surface area contributed by atoms with Crippen LogP contribution in [0.25, 0.3) is 0 Å². The highest BCUT2D eigenvalue weighted by Gasteiger charge is 2.23. The Balaban J connectivity index is 0.000000449. The molecule has 0 spiro atoms. The van der Waals surface area contributed by atoms with Gasteiger partial charge >= 0.3 is 0 Å². The molecule has 1 aliphatic rings. The molecule has 1 heterocycles. The maximum absolute atomic E-state index is 11.1. The van der Waals surface area contributed by atoms with Crippen molar-refractivity contribution in [3.8, 4) is 0 Å². The van der Waals surface area contributed by atoms with E-state index in [0.717, 1.165) is 17.9 Å².